The fourth-order valence-corrected chi connectivity index (χ4v) is 6.41. The Hall–Kier alpha value is 0.223. The van der Waals surface area contributed by atoms with E-state index in [-0.39, 0.29) is 24.8 Å². The molecule has 0 radical (unpaired) electrons. The number of fused-ring (bicyclic) bond motifs is 1. The van der Waals surface area contributed by atoms with E-state index >= 15 is 0 Å². The molecule has 2 aliphatic carbocycles. The normalized spacial score (nSPS) is 24.4. The van der Waals surface area contributed by atoms with Crippen LogP contribution >= 0.6 is 0 Å². The standard InChI is InChI=1S/C7H7.C5H6N.2ClH.Zr/c1-2-6-4-5-7(6)3-1;1-5-2-3-6-4-5;;;/h1-3H,4-5H2;2-3,6H,1H3;2*1H;/q;;;;+2/p-2. The molecule has 0 amide bonds. The van der Waals surface area contributed by atoms with Crippen LogP contribution < -0.4 is 28.2 Å². The van der Waals surface area contributed by atoms with Crippen LogP contribution in [0.5, 0.6) is 0 Å². The number of rotatable bonds is 2. The van der Waals surface area contributed by atoms with Crippen LogP contribution in [0.15, 0.2) is 36.1 Å². The molecule has 1 aromatic heterocycles. The van der Waals surface area contributed by atoms with Gasteiger partial charge < -0.3 is 24.8 Å². The van der Waals surface area contributed by atoms with E-state index in [1.165, 1.54) is 18.4 Å². The number of aryl methyl sites for hydroxylation is 1. The number of nitrogens with one attached hydrogen (secondary N) is 1. The van der Waals surface area contributed by atoms with Crippen molar-refractivity contribution in [2.24, 2.45) is 0 Å². The van der Waals surface area contributed by atoms with Crippen LogP contribution in [0.4, 0.5) is 0 Å². The quantitative estimate of drug-likeness (QED) is 0.578. The molecule has 3 rings (SSSR count). The third kappa shape index (κ3) is 2.12. The van der Waals surface area contributed by atoms with Crippen LogP contribution in [0.1, 0.15) is 18.4 Å². The summed E-state index contributed by atoms with van der Waals surface area (Å²) in [6.07, 6.45) is 11.9. The van der Waals surface area contributed by atoms with Crippen molar-refractivity contribution in [3.05, 3.63) is 41.6 Å². The van der Waals surface area contributed by atoms with Gasteiger partial charge in [-0.15, -0.1) is 0 Å². The maximum atomic E-state index is 3.43. The van der Waals surface area contributed by atoms with Gasteiger partial charge in [0, 0.05) is 0 Å². The second kappa shape index (κ2) is 5.25. The van der Waals surface area contributed by atoms with Crippen molar-refractivity contribution < 1.29 is 48.0 Å². The summed E-state index contributed by atoms with van der Waals surface area (Å²) in [5, 5.41) is 0. The van der Waals surface area contributed by atoms with Crippen LogP contribution in [-0.4, -0.2) is 4.98 Å². The van der Waals surface area contributed by atoms with Gasteiger partial charge in [-0.1, -0.05) is 0 Å². The minimum Gasteiger partial charge on any atom is -1.00 e. The molecule has 0 saturated heterocycles. The van der Waals surface area contributed by atoms with Gasteiger partial charge in [-0.25, -0.2) is 0 Å². The summed E-state index contributed by atoms with van der Waals surface area (Å²) in [5.74, 6) is 0. The van der Waals surface area contributed by atoms with E-state index in [2.05, 4.69) is 42.4 Å². The van der Waals surface area contributed by atoms with Crippen molar-refractivity contribution in [3.63, 3.8) is 0 Å². The fraction of sp³-hybridized carbons (Fsp3) is 0.333. The monoisotopic (exact) mass is 331 g/mol. The Kier molecular flexibility index (Phi) is 4.69. The molecule has 1 heterocycles. The Morgan fingerprint density at radius 2 is 2.19 bits per heavy atom. The zero-order valence-corrected chi connectivity index (χ0v) is 13.0. The van der Waals surface area contributed by atoms with Crippen molar-refractivity contribution >= 4 is 3.40 Å². The zero-order chi connectivity index (χ0) is 9.60. The third-order valence-electron chi connectivity index (χ3n) is 3.34. The first kappa shape index (κ1) is 14.3. The molecule has 1 saturated carbocycles. The number of allylic oxidation sites excluding steroid dienone is 4. The van der Waals surface area contributed by atoms with Crippen molar-refractivity contribution in [3.8, 4) is 0 Å². The van der Waals surface area contributed by atoms with Gasteiger partial charge >= 0.3 is 96.1 Å². The van der Waals surface area contributed by atoms with E-state index in [1.54, 1.807) is 8.97 Å². The maximum absolute atomic E-state index is 3.43. The maximum Gasteiger partial charge on any atom is -1.00 e. The Morgan fingerprint density at radius 1 is 1.38 bits per heavy atom. The van der Waals surface area contributed by atoms with E-state index in [0.29, 0.717) is 3.12 Å². The van der Waals surface area contributed by atoms with E-state index in [9.17, 15) is 0 Å². The van der Waals surface area contributed by atoms with Gasteiger partial charge in [0.15, 0.2) is 0 Å². The summed E-state index contributed by atoms with van der Waals surface area (Å²) in [6, 6.07) is 2.20. The van der Waals surface area contributed by atoms with Crippen molar-refractivity contribution in [2.75, 3.05) is 0 Å². The molecule has 1 fully saturated rings. The molecular formula is C12H13Cl2NZr. The van der Waals surface area contributed by atoms with Crippen LogP contribution in [-0.2, 0) is 23.2 Å². The van der Waals surface area contributed by atoms with Gasteiger partial charge in [-0.2, -0.15) is 0 Å². The summed E-state index contributed by atoms with van der Waals surface area (Å²) >= 11 is -0.492. The molecule has 84 valence electrons. The average molecular weight is 333 g/mol. The second-order valence-corrected chi connectivity index (χ2v) is 8.22. The summed E-state index contributed by atoms with van der Waals surface area (Å²) < 4.78 is 2.14. The molecule has 1 nitrogen and oxygen atoms in total. The average Bonchev–Trinajstić information content (AvgIpc) is 2.65. The number of hydrogen-bond acceptors (Lipinski definition) is 0. The molecule has 1 N–H and O–H groups in total. The molecule has 0 bridgehead atoms. The molecule has 1 aromatic rings. The Labute approximate surface area is 120 Å². The van der Waals surface area contributed by atoms with E-state index in [0.717, 1.165) is 0 Å². The van der Waals surface area contributed by atoms with Crippen LogP contribution in [0.3, 0.4) is 0 Å². The van der Waals surface area contributed by atoms with E-state index < -0.39 is 23.2 Å². The first-order valence-electron chi connectivity index (χ1n) is 5.11. The summed E-state index contributed by atoms with van der Waals surface area (Å²) in [7, 11) is 0. The van der Waals surface area contributed by atoms with Gasteiger partial charge in [-0.05, 0) is 0 Å². The summed E-state index contributed by atoms with van der Waals surface area (Å²) in [6.45, 7) is 2.23. The summed E-state index contributed by atoms with van der Waals surface area (Å²) in [5.41, 5.74) is 3.18. The van der Waals surface area contributed by atoms with Crippen molar-refractivity contribution in [2.45, 2.75) is 22.9 Å². The van der Waals surface area contributed by atoms with Crippen LogP contribution in [0.2, 0.25) is 3.12 Å². The van der Waals surface area contributed by atoms with Crippen molar-refractivity contribution in [1.82, 2.24) is 4.98 Å². The topological polar surface area (TPSA) is 15.8 Å². The first-order chi connectivity index (χ1) is 6.80. The van der Waals surface area contributed by atoms with Crippen LogP contribution in [0.25, 0.3) is 0 Å². The Bertz CT molecular complexity index is 436. The smallest absolute Gasteiger partial charge is 1.00 e. The molecule has 0 aliphatic heterocycles. The van der Waals surface area contributed by atoms with Gasteiger partial charge in [-0.3, -0.25) is 0 Å². The molecule has 0 aromatic carbocycles. The number of H-pyrrole nitrogens is 1. The number of hydrogen-bond donors (Lipinski definition) is 1. The molecule has 0 spiro atoms. The van der Waals surface area contributed by atoms with E-state index in [1.807, 2.05) is 0 Å². The minimum atomic E-state index is -0.492. The van der Waals surface area contributed by atoms with E-state index in [4.69, 9.17) is 0 Å². The molecular weight excluding hydrogens is 320 g/mol. The first-order valence-corrected chi connectivity index (χ1v) is 7.57. The molecule has 16 heavy (non-hydrogen) atoms. The van der Waals surface area contributed by atoms with Crippen molar-refractivity contribution in [1.29, 1.82) is 0 Å². The predicted molar refractivity (Wildman–Crippen MR) is 54.3 cm³/mol. The van der Waals surface area contributed by atoms with Crippen LogP contribution in [0, 0.1) is 6.92 Å². The Morgan fingerprint density at radius 3 is 2.69 bits per heavy atom. The summed E-state index contributed by atoms with van der Waals surface area (Å²) in [4.78, 5) is 3.43. The Balaban J connectivity index is 0.000000640. The largest absolute Gasteiger partial charge is 1.00 e. The zero-order valence-electron chi connectivity index (χ0n) is 9.06. The van der Waals surface area contributed by atoms with Gasteiger partial charge in [0.05, 0.1) is 0 Å². The molecule has 2 aliphatic rings. The second-order valence-electron chi connectivity index (χ2n) is 4.18. The predicted octanol–water partition coefficient (Wildman–Crippen LogP) is -3.51. The number of halogens is 2. The third-order valence-corrected chi connectivity index (χ3v) is 8.19. The molecule has 1 unspecified atom stereocenters. The van der Waals surface area contributed by atoms with Gasteiger partial charge in [0.2, 0.25) is 0 Å². The number of aromatic amines is 1. The number of aromatic nitrogens is 1. The molecule has 1 atom stereocenters. The molecule has 4 heteroatoms. The minimum absolute atomic E-state index is 0. The SMILES string of the molecule is Cc1cc[nH][c]1[Zr+2][C]12C=CC=C1CC2.[Cl-].[Cl-]. The van der Waals surface area contributed by atoms with Gasteiger partial charge in [0.1, 0.15) is 0 Å². The van der Waals surface area contributed by atoms with Gasteiger partial charge in [0.25, 0.3) is 0 Å². The fourth-order valence-electron chi connectivity index (χ4n) is 2.28.